The van der Waals surface area contributed by atoms with E-state index >= 15 is 0 Å². The largest absolute Gasteiger partial charge is 0.351 e. The fourth-order valence-corrected chi connectivity index (χ4v) is 6.37. The third-order valence-electron chi connectivity index (χ3n) is 6.64. The summed E-state index contributed by atoms with van der Waals surface area (Å²) < 4.78 is 26.9. The molecule has 4 bridgehead atoms. The normalized spacial score (nSPS) is 34.1. The van der Waals surface area contributed by atoms with Gasteiger partial charge in [0.05, 0.1) is 12.0 Å². The van der Waals surface area contributed by atoms with Crippen molar-refractivity contribution in [2.45, 2.75) is 64.1 Å². The van der Waals surface area contributed by atoms with Crippen LogP contribution in [-0.4, -0.2) is 38.9 Å². The maximum absolute atomic E-state index is 13.4. The topological polar surface area (TPSA) is 67.2 Å². The Morgan fingerprint density at radius 2 is 2.00 bits per heavy atom. The molecule has 148 valence electrons. The Kier molecular flexibility index (Phi) is 4.27. The van der Waals surface area contributed by atoms with Crippen molar-refractivity contribution < 1.29 is 18.4 Å². The lowest BCUT2D eigenvalue weighted by molar-refractivity contribution is -0.162. The van der Waals surface area contributed by atoms with E-state index in [-0.39, 0.29) is 29.7 Å². The molecule has 8 heteroatoms. The van der Waals surface area contributed by atoms with Crippen LogP contribution >= 0.6 is 0 Å². The third-order valence-corrected chi connectivity index (χ3v) is 6.64. The van der Waals surface area contributed by atoms with Crippen molar-refractivity contribution in [2.75, 3.05) is 7.05 Å². The average Bonchev–Trinajstić information content (AvgIpc) is 2.99. The number of amides is 2. The first kappa shape index (κ1) is 18.4. The quantitative estimate of drug-likeness (QED) is 0.854. The van der Waals surface area contributed by atoms with Gasteiger partial charge in [-0.2, -0.15) is 8.78 Å². The summed E-state index contributed by atoms with van der Waals surface area (Å²) in [6, 6.07) is 0. The number of nitrogens with zero attached hydrogens (tertiary/aromatic N) is 3. The smallest absolute Gasteiger partial charge is 0.319 e. The first-order valence-corrected chi connectivity index (χ1v) is 9.56. The Labute approximate surface area is 157 Å². The van der Waals surface area contributed by atoms with Gasteiger partial charge in [-0.05, 0) is 50.4 Å². The maximum Gasteiger partial charge on any atom is 0.319 e. The summed E-state index contributed by atoms with van der Waals surface area (Å²) in [4.78, 5) is 30.7. The van der Waals surface area contributed by atoms with Crippen molar-refractivity contribution in [3.05, 3.63) is 18.2 Å². The number of rotatable bonds is 5. The summed E-state index contributed by atoms with van der Waals surface area (Å²) in [5.41, 5.74) is -0.780. The zero-order valence-corrected chi connectivity index (χ0v) is 15.8. The summed E-state index contributed by atoms with van der Waals surface area (Å²) >= 11 is 0. The summed E-state index contributed by atoms with van der Waals surface area (Å²) in [5, 5.41) is 3.15. The first-order valence-electron chi connectivity index (χ1n) is 9.56. The molecule has 1 heterocycles. The lowest BCUT2D eigenvalue weighted by Gasteiger charge is -2.61. The van der Waals surface area contributed by atoms with Crippen LogP contribution in [0.25, 0.3) is 0 Å². The molecule has 0 aliphatic heterocycles. The van der Waals surface area contributed by atoms with E-state index in [1.807, 2.05) is 0 Å². The standard InChI is InChI=1S/C19H26F2N4O2/c1-12(26)23-19-8-13-5-14(9-19)7-18(6-13,11-19)16(27)24(2)10-15-22-3-4-25(15)17(20)21/h3-4,13-14,17H,5-11H2,1-2H3,(H,23,26)/t13-,14+,18?,19?. The number of halogens is 2. The number of hydrogen-bond donors (Lipinski definition) is 1. The molecular formula is C19H26F2N4O2. The molecule has 4 saturated carbocycles. The minimum absolute atomic E-state index is 0.00450. The number of carbonyl (C=O) groups is 2. The molecule has 1 aromatic heterocycles. The molecule has 0 aromatic carbocycles. The molecule has 4 aliphatic carbocycles. The van der Waals surface area contributed by atoms with Crippen LogP contribution in [-0.2, 0) is 16.1 Å². The second kappa shape index (κ2) is 6.27. The number of alkyl halides is 2. The molecule has 1 aromatic rings. The van der Waals surface area contributed by atoms with Crippen LogP contribution in [0.2, 0.25) is 0 Å². The highest BCUT2D eigenvalue weighted by Crippen LogP contribution is 2.62. The van der Waals surface area contributed by atoms with Crippen LogP contribution in [0.4, 0.5) is 8.78 Å². The highest BCUT2D eigenvalue weighted by atomic mass is 19.3. The predicted octanol–water partition coefficient (Wildman–Crippen LogP) is 2.71. The van der Waals surface area contributed by atoms with Crippen LogP contribution in [0.5, 0.6) is 0 Å². The monoisotopic (exact) mass is 380 g/mol. The van der Waals surface area contributed by atoms with Crippen LogP contribution in [0.15, 0.2) is 12.4 Å². The van der Waals surface area contributed by atoms with Gasteiger partial charge in [-0.15, -0.1) is 0 Å². The maximum atomic E-state index is 13.4. The predicted molar refractivity (Wildman–Crippen MR) is 93.6 cm³/mol. The van der Waals surface area contributed by atoms with E-state index in [1.165, 1.54) is 24.2 Å². The molecule has 27 heavy (non-hydrogen) atoms. The molecule has 4 aliphatic rings. The Hall–Kier alpha value is -1.99. The van der Waals surface area contributed by atoms with E-state index in [4.69, 9.17) is 0 Å². The number of aromatic nitrogens is 2. The highest BCUT2D eigenvalue weighted by Gasteiger charge is 2.61. The summed E-state index contributed by atoms with van der Waals surface area (Å²) in [7, 11) is 1.66. The van der Waals surface area contributed by atoms with Gasteiger partial charge in [0.2, 0.25) is 11.8 Å². The Morgan fingerprint density at radius 1 is 1.33 bits per heavy atom. The lowest BCUT2D eigenvalue weighted by atomic mass is 9.46. The number of carbonyl (C=O) groups excluding carboxylic acids is 2. The Balaban J connectivity index is 1.55. The molecule has 0 saturated heterocycles. The van der Waals surface area contributed by atoms with Crippen molar-refractivity contribution in [2.24, 2.45) is 17.3 Å². The molecule has 4 atom stereocenters. The van der Waals surface area contributed by atoms with Crippen LogP contribution in [0, 0.1) is 17.3 Å². The molecular weight excluding hydrogens is 354 g/mol. The van der Waals surface area contributed by atoms with Gasteiger partial charge >= 0.3 is 6.55 Å². The molecule has 2 unspecified atom stereocenters. The van der Waals surface area contributed by atoms with Gasteiger partial charge in [-0.1, -0.05) is 0 Å². The van der Waals surface area contributed by atoms with E-state index in [0.29, 0.717) is 18.3 Å². The minimum Gasteiger partial charge on any atom is -0.351 e. The Morgan fingerprint density at radius 3 is 2.59 bits per heavy atom. The van der Waals surface area contributed by atoms with Crippen LogP contribution in [0.1, 0.15) is 57.8 Å². The molecule has 6 nitrogen and oxygen atoms in total. The number of hydrogen-bond acceptors (Lipinski definition) is 3. The lowest BCUT2D eigenvalue weighted by Crippen LogP contribution is -2.65. The van der Waals surface area contributed by atoms with E-state index < -0.39 is 12.0 Å². The first-order chi connectivity index (χ1) is 12.7. The van der Waals surface area contributed by atoms with E-state index in [9.17, 15) is 18.4 Å². The zero-order chi connectivity index (χ0) is 19.4. The molecule has 5 rings (SSSR count). The van der Waals surface area contributed by atoms with Crippen molar-refractivity contribution in [1.29, 1.82) is 0 Å². The van der Waals surface area contributed by atoms with Gasteiger partial charge in [0.15, 0.2) is 0 Å². The molecule has 1 N–H and O–H groups in total. The summed E-state index contributed by atoms with van der Waals surface area (Å²) in [5.74, 6) is 1.01. The number of imidazole rings is 1. The van der Waals surface area contributed by atoms with Crippen molar-refractivity contribution in [1.82, 2.24) is 19.8 Å². The fraction of sp³-hybridized carbons (Fsp3) is 0.737. The molecule has 4 fully saturated rings. The molecule has 0 radical (unpaired) electrons. The van der Waals surface area contributed by atoms with Gasteiger partial charge in [0.25, 0.3) is 0 Å². The third kappa shape index (κ3) is 3.12. The van der Waals surface area contributed by atoms with E-state index in [1.54, 1.807) is 7.05 Å². The highest BCUT2D eigenvalue weighted by molar-refractivity contribution is 5.83. The SMILES string of the molecule is CC(=O)NC12C[C@H]3C[C@@H](C1)CC(C(=O)N(C)Cc1nccn1C(F)F)(C3)C2. The van der Waals surface area contributed by atoms with Gasteiger partial charge < -0.3 is 10.2 Å². The number of nitrogens with one attached hydrogen (secondary N) is 1. The van der Waals surface area contributed by atoms with Crippen LogP contribution in [0.3, 0.4) is 0 Å². The van der Waals surface area contributed by atoms with Gasteiger partial charge in [0.1, 0.15) is 5.82 Å². The van der Waals surface area contributed by atoms with E-state index in [0.717, 1.165) is 36.7 Å². The van der Waals surface area contributed by atoms with Crippen molar-refractivity contribution >= 4 is 11.8 Å². The average molecular weight is 380 g/mol. The van der Waals surface area contributed by atoms with Crippen molar-refractivity contribution in [3.63, 3.8) is 0 Å². The zero-order valence-electron chi connectivity index (χ0n) is 15.8. The fourth-order valence-electron chi connectivity index (χ4n) is 6.37. The summed E-state index contributed by atoms with van der Waals surface area (Å²) in [6.07, 6.45) is 7.88. The van der Waals surface area contributed by atoms with Gasteiger partial charge in [-0.3, -0.25) is 14.2 Å². The van der Waals surface area contributed by atoms with Gasteiger partial charge in [-0.25, -0.2) is 4.98 Å². The minimum atomic E-state index is -2.67. The van der Waals surface area contributed by atoms with Crippen LogP contribution < -0.4 is 5.32 Å². The second-order valence-corrected chi connectivity index (χ2v) is 8.89. The van der Waals surface area contributed by atoms with Crippen molar-refractivity contribution in [3.8, 4) is 0 Å². The van der Waals surface area contributed by atoms with E-state index in [2.05, 4.69) is 10.3 Å². The Bertz CT molecular complexity index is 749. The summed E-state index contributed by atoms with van der Waals surface area (Å²) in [6.45, 7) is -1.09. The van der Waals surface area contributed by atoms with Gasteiger partial charge in [0, 0.05) is 31.9 Å². The molecule has 0 spiro atoms. The second-order valence-electron chi connectivity index (χ2n) is 8.89. The molecule has 2 amide bonds.